The molecule has 1 N–H and O–H groups in total. The standard InChI is InChI=1S/C13H18N4OS2/c1-8-9(2)20-11-10(8)12(18)17(13(19)14-11)16-6-4-15(3)5-7-16/h4-7H2,1-3H3,(H,14,19). The van der Waals surface area contributed by atoms with E-state index in [1.165, 1.54) is 4.88 Å². The molecule has 0 unspecified atom stereocenters. The highest BCUT2D eigenvalue weighted by Crippen LogP contribution is 2.25. The summed E-state index contributed by atoms with van der Waals surface area (Å²) in [6.07, 6.45) is 0. The lowest BCUT2D eigenvalue weighted by molar-refractivity contribution is 0.284. The smallest absolute Gasteiger partial charge is 0.282 e. The molecule has 1 fully saturated rings. The lowest BCUT2D eigenvalue weighted by Crippen LogP contribution is -2.53. The van der Waals surface area contributed by atoms with Gasteiger partial charge in [0.2, 0.25) is 0 Å². The van der Waals surface area contributed by atoms with E-state index in [0.29, 0.717) is 4.77 Å². The van der Waals surface area contributed by atoms with Crippen molar-refractivity contribution < 1.29 is 0 Å². The van der Waals surface area contributed by atoms with Crippen molar-refractivity contribution in [1.82, 2.24) is 14.6 Å². The van der Waals surface area contributed by atoms with E-state index >= 15 is 0 Å². The van der Waals surface area contributed by atoms with E-state index in [-0.39, 0.29) is 5.56 Å². The van der Waals surface area contributed by atoms with Crippen LogP contribution in [-0.2, 0) is 0 Å². The van der Waals surface area contributed by atoms with Gasteiger partial charge in [0.05, 0.1) is 5.39 Å². The van der Waals surface area contributed by atoms with Gasteiger partial charge in [-0.15, -0.1) is 11.3 Å². The normalized spacial score (nSPS) is 17.1. The van der Waals surface area contributed by atoms with Crippen LogP contribution < -0.4 is 10.6 Å². The lowest BCUT2D eigenvalue weighted by Gasteiger charge is -2.34. The summed E-state index contributed by atoms with van der Waals surface area (Å²) in [6, 6.07) is 0. The lowest BCUT2D eigenvalue weighted by atomic mass is 10.2. The summed E-state index contributed by atoms with van der Waals surface area (Å²) in [7, 11) is 2.09. The number of thiophene rings is 1. The van der Waals surface area contributed by atoms with Crippen molar-refractivity contribution in [3.8, 4) is 0 Å². The highest BCUT2D eigenvalue weighted by molar-refractivity contribution is 7.71. The van der Waals surface area contributed by atoms with Gasteiger partial charge >= 0.3 is 0 Å². The van der Waals surface area contributed by atoms with Crippen molar-refractivity contribution >= 4 is 33.8 Å². The Morgan fingerprint density at radius 2 is 1.85 bits per heavy atom. The molecule has 1 aliphatic rings. The second-order valence-electron chi connectivity index (χ2n) is 5.29. The molecule has 7 heteroatoms. The van der Waals surface area contributed by atoms with Gasteiger partial charge in [0.1, 0.15) is 4.83 Å². The zero-order valence-electron chi connectivity index (χ0n) is 11.9. The number of likely N-dealkylation sites (N-methyl/N-ethyl adjacent to an activating group) is 1. The first-order chi connectivity index (χ1) is 9.49. The highest BCUT2D eigenvalue weighted by atomic mass is 32.1. The molecule has 1 saturated heterocycles. The summed E-state index contributed by atoms with van der Waals surface area (Å²) in [4.78, 5) is 20.3. The van der Waals surface area contributed by atoms with E-state index in [0.717, 1.165) is 42.0 Å². The summed E-state index contributed by atoms with van der Waals surface area (Å²) in [5.41, 5.74) is 1.07. The first-order valence-corrected chi connectivity index (χ1v) is 7.90. The third-order valence-electron chi connectivity index (χ3n) is 3.97. The molecule has 3 rings (SSSR count). The summed E-state index contributed by atoms with van der Waals surface area (Å²) in [5, 5.41) is 2.83. The summed E-state index contributed by atoms with van der Waals surface area (Å²) in [6.45, 7) is 7.57. The number of piperazine rings is 1. The minimum Gasteiger partial charge on any atom is -0.322 e. The molecule has 0 radical (unpaired) electrons. The SMILES string of the molecule is Cc1sc2[nH]c(=S)n(N3CCN(C)CC3)c(=O)c2c1C. The number of rotatable bonds is 1. The summed E-state index contributed by atoms with van der Waals surface area (Å²) >= 11 is 6.99. The number of nitrogens with one attached hydrogen (secondary N) is 1. The molecule has 20 heavy (non-hydrogen) atoms. The van der Waals surface area contributed by atoms with E-state index in [9.17, 15) is 4.79 Å². The van der Waals surface area contributed by atoms with Crippen LogP contribution in [0.25, 0.3) is 10.2 Å². The van der Waals surface area contributed by atoms with Gasteiger partial charge in [-0.2, -0.15) is 4.68 Å². The second-order valence-corrected chi connectivity index (χ2v) is 6.90. The Balaban J connectivity index is 2.18. The van der Waals surface area contributed by atoms with Crippen LogP contribution in [0.5, 0.6) is 0 Å². The first-order valence-electron chi connectivity index (χ1n) is 6.68. The molecule has 3 heterocycles. The maximum Gasteiger partial charge on any atom is 0.282 e. The Morgan fingerprint density at radius 3 is 2.50 bits per heavy atom. The fourth-order valence-electron chi connectivity index (χ4n) is 2.57. The molecule has 2 aromatic rings. The molecular formula is C13H18N4OS2. The molecular weight excluding hydrogens is 292 g/mol. The summed E-state index contributed by atoms with van der Waals surface area (Å²) < 4.78 is 2.14. The molecule has 108 valence electrons. The van der Waals surface area contributed by atoms with Crippen LogP contribution in [0.2, 0.25) is 0 Å². The topological polar surface area (TPSA) is 44.3 Å². The maximum absolute atomic E-state index is 12.8. The van der Waals surface area contributed by atoms with E-state index in [1.54, 1.807) is 16.0 Å². The Hall–Kier alpha value is -1.18. The van der Waals surface area contributed by atoms with E-state index in [1.807, 2.05) is 18.9 Å². The molecule has 0 amide bonds. The van der Waals surface area contributed by atoms with Gasteiger partial charge in [0.25, 0.3) is 5.56 Å². The van der Waals surface area contributed by atoms with Gasteiger partial charge < -0.3 is 14.9 Å². The number of nitrogens with zero attached hydrogens (tertiary/aromatic N) is 3. The number of aryl methyl sites for hydroxylation is 2. The van der Waals surface area contributed by atoms with Gasteiger partial charge in [-0.3, -0.25) is 4.79 Å². The number of hydrogen-bond acceptors (Lipinski definition) is 5. The molecule has 0 atom stereocenters. The van der Waals surface area contributed by atoms with Gasteiger partial charge in [-0.05, 0) is 38.7 Å². The van der Waals surface area contributed by atoms with Crippen molar-refractivity contribution in [2.45, 2.75) is 13.8 Å². The monoisotopic (exact) mass is 310 g/mol. The van der Waals surface area contributed by atoms with Crippen LogP contribution >= 0.6 is 23.6 Å². The predicted octanol–water partition coefficient (Wildman–Crippen LogP) is 1.62. The Labute approximate surface area is 126 Å². The zero-order valence-corrected chi connectivity index (χ0v) is 13.5. The predicted molar refractivity (Wildman–Crippen MR) is 86.2 cm³/mol. The van der Waals surface area contributed by atoms with Gasteiger partial charge in [-0.25, -0.2) is 0 Å². The van der Waals surface area contributed by atoms with E-state index < -0.39 is 0 Å². The molecule has 0 spiro atoms. The molecule has 0 aliphatic carbocycles. The average molecular weight is 310 g/mol. The Kier molecular flexibility index (Phi) is 3.43. The van der Waals surface area contributed by atoms with Crippen molar-refractivity contribution in [2.24, 2.45) is 0 Å². The van der Waals surface area contributed by atoms with Gasteiger partial charge in [0, 0.05) is 31.1 Å². The van der Waals surface area contributed by atoms with Crippen LogP contribution in [-0.4, -0.2) is 47.8 Å². The van der Waals surface area contributed by atoms with Crippen LogP contribution in [0, 0.1) is 18.6 Å². The third-order valence-corrected chi connectivity index (χ3v) is 5.36. The molecule has 2 aromatic heterocycles. The highest BCUT2D eigenvalue weighted by Gasteiger charge is 2.19. The number of aromatic nitrogens is 2. The summed E-state index contributed by atoms with van der Waals surface area (Å²) in [5.74, 6) is 0. The number of hydrogen-bond donors (Lipinski definition) is 1. The van der Waals surface area contributed by atoms with Crippen molar-refractivity contribution in [3.05, 3.63) is 25.6 Å². The third kappa shape index (κ3) is 2.10. The van der Waals surface area contributed by atoms with E-state index in [2.05, 4.69) is 16.9 Å². The fraction of sp³-hybridized carbons (Fsp3) is 0.538. The van der Waals surface area contributed by atoms with E-state index in [4.69, 9.17) is 12.2 Å². The van der Waals surface area contributed by atoms with Gasteiger partial charge in [0.15, 0.2) is 4.77 Å². The van der Waals surface area contributed by atoms with Crippen LogP contribution in [0.3, 0.4) is 0 Å². The van der Waals surface area contributed by atoms with Crippen LogP contribution in [0.15, 0.2) is 4.79 Å². The zero-order chi connectivity index (χ0) is 14.4. The number of aromatic amines is 1. The maximum atomic E-state index is 12.8. The average Bonchev–Trinajstić information content (AvgIpc) is 2.67. The van der Waals surface area contributed by atoms with Crippen LogP contribution in [0.4, 0.5) is 0 Å². The molecule has 0 bridgehead atoms. The number of fused-ring (bicyclic) bond motifs is 1. The van der Waals surface area contributed by atoms with Crippen molar-refractivity contribution in [2.75, 3.05) is 38.2 Å². The fourth-order valence-corrected chi connectivity index (χ4v) is 3.99. The molecule has 0 aromatic carbocycles. The number of H-pyrrole nitrogens is 1. The minimum absolute atomic E-state index is 0.00940. The Morgan fingerprint density at radius 1 is 1.20 bits per heavy atom. The quantitative estimate of drug-likeness (QED) is 0.813. The Bertz CT molecular complexity index is 765. The van der Waals surface area contributed by atoms with Crippen LogP contribution in [0.1, 0.15) is 10.4 Å². The van der Waals surface area contributed by atoms with Crippen molar-refractivity contribution in [3.63, 3.8) is 0 Å². The molecule has 0 saturated carbocycles. The van der Waals surface area contributed by atoms with Crippen molar-refractivity contribution in [1.29, 1.82) is 0 Å². The largest absolute Gasteiger partial charge is 0.322 e. The minimum atomic E-state index is 0.00940. The molecule has 5 nitrogen and oxygen atoms in total. The first kappa shape index (κ1) is 13.8. The van der Waals surface area contributed by atoms with Gasteiger partial charge in [-0.1, -0.05) is 0 Å². The second kappa shape index (κ2) is 4.98. The molecule has 1 aliphatic heterocycles.